The van der Waals surface area contributed by atoms with Crippen LogP contribution in [-0.2, 0) is 9.84 Å². The second-order valence-electron chi connectivity index (χ2n) is 4.85. The van der Waals surface area contributed by atoms with Crippen LogP contribution in [0, 0.1) is 0 Å². The van der Waals surface area contributed by atoms with Gasteiger partial charge in [-0.15, -0.1) is 0 Å². The van der Waals surface area contributed by atoms with Crippen LogP contribution in [0.1, 0.15) is 25.5 Å². The molecule has 0 aliphatic carbocycles. The monoisotopic (exact) mass is 367 g/mol. The molecule has 0 fully saturated rings. The van der Waals surface area contributed by atoms with E-state index in [1.54, 1.807) is 31.2 Å². The molecule has 112 valence electrons. The summed E-state index contributed by atoms with van der Waals surface area (Å²) < 4.78 is 24.6. The van der Waals surface area contributed by atoms with Gasteiger partial charge in [-0.1, -0.05) is 35.0 Å². The van der Waals surface area contributed by atoms with Crippen molar-refractivity contribution < 1.29 is 8.42 Å². The molecule has 0 saturated carbocycles. The van der Waals surface area contributed by atoms with Crippen LogP contribution >= 0.6 is 15.9 Å². The van der Waals surface area contributed by atoms with Crippen molar-refractivity contribution in [1.29, 1.82) is 0 Å². The van der Waals surface area contributed by atoms with Gasteiger partial charge in [0.15, 0.2) is 9.84 Å². The summed E-state index contributed by atoms with van der Waals surface area (Å²) in [7, 11) is -3.13. The second-order valence-corrected chi connectivity index (χ2v) is 8.04. The Morgan fingerprint density at radius 2 is 1.62 bits per heavy atom. The summed E-state index contributed by atoms with van der Waals surface area (Å²) in [5.41, 5.74) is 2.07. The van der Waals surface area contributed by atoms with Gasteiger partial charge in [-0.25, -0.2) is 8.42 Å². The van der Waals surface area contributed by atoms with Gasteiger partial charge in [0.05, 0.1) is 10.6 Å². The number of anilines is 1. The first-order chi connectivity index (χ1) is 9.92. The second kappa shape index (κ2) is 6.62. The van der Waals surface area contributed by atoms with E-state index in [0.29, 0.717) is 4.90 Å². The third kappa shape index (κ3) is 4.08. The normalized spacial score (nSPS) is 12.9. The smallest absolute Gasteiger partial charge is 0.178 e. The van der Waals surface area contributed by atoms with Crippen LogP contribution in [0.15, 0.2) is 57.9 Å². The Bertz CT molecular complexity index is 694. The molecule has 2 aromatic carbocycles. The fourth-order valence-electron chi connectivity index (χ4n) is 2.01. The third-order valence-corrected chi connectivity index (χ3v) is 5.63. The van der Waals surface area contributed by atoms with E-state index in [0.717, 1.165) is 10.2 Å². The van der Waals surface area contributed by atoms with E-state index in [2.05, 4.69) is 40.3 Å². The van der Waals surface area contributed by atoms with Gasteiger partial charge in [-0.05, 0) is 48.9 Å². The standard InChI is InChI=1S/C16H18BrNO2S/c1-3-21(19,20)16-10-8-15(9-11-16)18-12(2)13-4-6-14(17)7-5-13/h4-12,18H,3H2,1-2H3. The maximum Gasteiger partial charge on any atom is 0.178 e. The number of rotatable bonds is 5. The highest BCUT2D eigenvalue weighted by atomic mass is 79.9. The highest BCUT2D eigenvalue weighted by molar-refractivity contribution is 9.10. The molecule has 0 bridgehead atoms. The number of benzene rings is 2. The maximum absolute atomic E-state index is 11.8. The molecule has 1 N–H and O–H groups in total. The minimum absolute atomic E-state index is 0.120. The van der Waals surface area contributed by atoms with Crippen molar-refractivity contribution in [2.24, 2.45) is 0 Å². The molecule has 2 aromatic rings. The van der Waals surface area contributed by atoms with E-state index in [4.69, 9.17) is 0 Å². The van der Waals surface area contributed by atoms with Crippen LogP contribution in [-0.4, -0.2) is 14.2 Å². The van der Waals surface area contributed by atoms with E-state index in [9.17, 15) is 8.42 Å². The molecule has 1 atom stereocenters. The lowest BCUT2D eigenvalue weighted by Crippen LogP contribution is -2.07. The number of hydrogen-bond acceptors (Lipinski definition) is 3. The molecule has 21 heavy (non-hydrogen) atoms. The number of nitrogens with one attached hydrogen (secondary N) is 1. The summed E-state index contributed by atoms with van der Waals surface area (Å²) in [6, 6.07) is 15.2. The quantitative estimate of drug-likeness (QED) is 0.850. The molecular formula is C16H18BrNO2S. The van der Waals surface area contributed by atoms with Gasteiger partial charge >= 0.3 is 0 Å². The minimum atomic E-state index is -3.13. The molecule has 0 aliphatic rings. The zero-order chi connectivity index (χ0) is 15.5. The van der Waals surface area contributed by atoms with Crippen molar-refractivity contribution in [3.63, 3.8) is 0 Å². The van der Waals surface area contributed by atoms with E-state index in [1.807, 2.05) is 12.1 Å². The predicted molar refractivity (Wildman–Crippen MR) is 90.3 cm³/mol. The van der Waals surface area contributed by atoms with E-state index >= 15 is 0 Å². The maximum atomic E-state index is 11.8. The third-order valence-electron chi connectivity index (χ3n) is 3.35. The topological polar surface area (TPSA) is 46.2 Å². The van der Waals surface area contributed by atoms with E-state index in [-0.39, 0.29) is 11.8 Å². The highest BCUT2D eigenvalue weighted by Crippen LogP contribution is 2.22. The lowest BCUT2D eigenvalue weighted by atomic mass is 10.1. The molecule has 0 spiro atoms. The average molecular weight is 368 g/mol. The molecule has 0 heterocycles. The molecular weight excluding hydrogens is 350 g/mol. The molecule has 0 aromatic heterocycles. The highest BCUT2D eigenvalue weighted by Gasteiger charge is 2.11. The summed E-state index contributed by atoms with van der Waals surface area (Å²) >= 11 is 3.42. The molecule has 0 radical (unpaired) electrons. The Morgan fingerprint density at radius 3 is 2.14 bits per heavy atom. The predicted octanol–water partition coefficient (Wildman–Crippen LogP) is 4.42. The van der Waals surface area contributed by atoms with E-state index < -0.39 is 9.84 Å². The number of hydrogen-bond donors (Lipinski definition) is 1. The van der Waals surface area contributed by atoms with Gasteiger partial charge in [-0.2, -0.15) is 0 Å². The Kier molecular flexibility index (Phi) is 5.06. The molecule has 0 saturated heterocycles. The first-order valence-electron chi connectivity index (χ1n) is 6.77. The summed E-state index contributed by atoms with van der Waals surface area (Å²) in [6.45, 7) is 3.72. The lowest BCUT2D eigenvalue weighted by Gasteiger charge is -2.16. The Balaban J connectivity index is 2.11. The molecule has 0 aliphatic heterocycles. The Labute approximate surface area is 134 Å². The molecule has 1 unspecified atom stereocenters. The van der Waals surface area contributed by atoms with Crippen LogP contribution in [0.4, 0.5) is 5.69 Å². The Hall–Kier alpha value is -1.33. The van der Waals surface area contributed by atoms with Crippen LogP contribution in [0.25, 0.3) is 0 Å². The number of sulfone groups is 1. The van der Waals surface area contributed by atoms with Gasteiger partial charge < -0.3 is 5.32 Å². The fraction of sp³-hybridized carbons (Fsp3) is 0.250. The van der Waals surface area contributed by atoms with Crippen molar-refractivity contribution >= 4 is 31.5 Å². The summed E-state index contributed by atoms with van der Waals surface area (Å²) in [5, 5.41) is 3.36. The van der Waals surface area contributed by atoms with Crippen molar-refractivity contribution in [3.05, 3.63) is 58.6 Å². The molecule has 2 rings (SSSR count). The van der Waals surface area contributed by atoms with Crippen molar-refractivity contribution in [3.8, 4) is 0 Å². The fourth-order valence-corrected chi connectivity index (χ4v) is 3.16. The van der Waals surface area contributed by atoms with Crippen LogP contribution in [0.2, 0.25) is 0 Å². The molecule has 0 amide bonds. The van der Waals surface area contributed by atoms with Gasteiger partial charge in [0.2, 0.25) is 0 Å². The summed E-state index contributed by atoms with van der Waals surface area (Å²) in [4.78, 5) is 0.367. The summed E-state index contributed by atoms with van der Waals surface area (Å²) in [5.74, 6) is 0.120. The SMILES string of the molecule is CCS(=O)(=O)c1ccc(NC(C)c2ccc(Br)cc2)cc1. The molecule has 5 heteroatoms. The average Bonchev–Trinajstić information content (AvgIpc) is 2.48. The van der Waals surface area contributed by atoms with Crippen molar-refractivity contribution in [1.82, 2.24) is 0 Å². The van der Waals surface area contributed by atoms with Crippen molar-refractivity contribution in [2.75, 3.05) is 11.1 Å². The first kappa shape index (κ1) is 16.0. The summed E-state index contributed by atoms with van der Waals surface area (Å²) in [6.07, 6.45) is 0. The number of halogens is 1. The lowest BCUT2D eigenvalue weighted by molar-refractivity contribution is 0.597. The van der Waals surface area contributed by atoms with Crippen molar-refractivity contribution in [2.45, 2.75) is 24.8 Å². The molecule has 3 nitrogen and oxygen atoms in total. The van der Waals surface area contributed by atoms with Crippen LogP contribution < -0.4 is 5.32 Å². The minimum Gasteiger partial charge on any atom is -0.379 e. The van der Waals surface area contributed by atoms with Gasteiger partial charge in [0, 0.05) is 16.2 Å². The van der Waals surface area contributed by atoms with E-state index in [1.165, 1.54) is 5.56 Å². The van der Waals surface area contributed by atoms with Crippen LogP contribution in [0.5, 0.6) is 0 Å². The zero-order valence-electron chi connectivity index (χ0n) is 12.0. The zero-order valence-corrected chi connectivity index (χ0v) is 14.4. The van der Waals surface area contributed by atoms with Gasteiger partial charge in [0.25, 0.3) is 0 Å². The van der Waals surface area contributed by atoms with Gasteiger partial charge in [-0.3, -0.25) is 0 Å². The largest absolute Gasteiger partial charge is 0.379 e. The van der Waals surface area contributed by atoms with Gasteiger partial charge in [0.1, 0.15) is 0 Å². The Morgan fingerprint density at radius 1 is 1.05 bits per heavy atom. The van der Waals surface area contributed by atoms with Crippen LogP contribution in [0.3, 0.4) is 0 Å². The first-order valence-corrected chi connectivity index (χ1v) is 9.21.